The van der Waals surface area contributed by atoms with Gasteiger partial charge in [-0.2, -0.15) is 0 Å². The molecule has 2 heterocycles. The molecule has 9 heteroatoms. The number of alkyl carbamates (subject to hydrolysis) is 1. The zero-order valence-corrected chi connectivity index (χ0v) is 24.5. The lowest BCUT2D eigenvalue weighted by Gasteiger charge is -2.39. The Morgan fingerprint density at radius 2 is 1.68 bits per heavy atom. The number of carbonyl (C=O) groups excluding carboxylic acids is 2. The normalized spacial score (nSPS) is 18.8. The molecule has 38 heavy (non-hydrogen) atoms. The van der Waals surface area contributed by atoms with Crippen LogP contribution in [-0.4, -0.2) is 55.2 Å². The van der Waals surface area contributed by atoms with E-state index >= 15 is 0 Å². The van der Waals surface area contributed by atoms with Gasteiger partial charge < -0.3 is 25.2 Å². The van der Waals surface area contributed by atoms with E-state index in [4.69, 9.17) is 4.74 Å². The first-order valence-corrected chi connectivity index (χ1v) is 13.2. The number of ether oxygens (including phenoxy) is 1. The first-order chi connectivity index (χ1) is 17.3. The number of nitrogens with one attached hydrogen (secondary N) is 2. The Morgan fingerprint density at radius 3 is 2.32 bits per heavy atom. The van der Waals surface area contributed by atoms with Gasteiger partial charge in [-0.25, -0.2) is 4.79 Å². The molecule has 1 saturated heterocycles. The van der Waals surface area contributed by atoms with Gasteiger partial charge in [0.25, 0.3) is 0 Å². The Morgan fingerprint density at radius 1 is 1.03 bits per heavy atom. The van der Waals surface area contributed by atoms with E-state index < -0.39 is 6.09 Å². The zero-order valence-electron chi connectivity index (χ0n) is 22.9. The van der Waals surface area contributed by atoms with Crippen molar-refractivity contribution in [3.63, 3.8) is 0 Å². The Hall–Kier alpha value is -2.32. The van der Waals surface area contributed by atoms with Gasteiger partial charge in [-0.15, -0.1) is 24.8 Å². The SMILES string of the molecule is CC(=O)N1c2ccc(-c3ccc(CNCCN4CCCC4)cc3)cc2[C@H](NC(=O)OC(C)C)C[C@@H]1C.Cl.Cl. The number of benzene rings is 2. The van der Waals surface area contributed by atoms with Gasteiger partial charge in [0.05, 0.1) is 12.1 Å². The Bertz CT molecular complexity index is 1060. The fourth-order valence-corrected chi connectivity index (χ4v) is 5.34. The van der Waals surface area contributed by atoms with Crippen molar-refractivity contribution in [3.8, 4) is 11.1 Å². The van der Waals surface area contributed by atoms with Crippen molar-refractivity contribution < 1.29 is 14.3 Å². The number of hydrogen-bond acceptors (Lipinski definition) is 5. The molecule has 2 aliphatic heterocycles. The third-order valence-corrected chi connectivity index (χ3v) is 7.07. The number of halogens is 2. The number of amides is 2. The van der Waals surface area contributed by atoms with Crippen LogP contribution in [0.5, 0.6) is 0 Å². The minimum atomic E-state index is -0.434. The summed E-state index contributed by atoms with van der Waals surface area (Å²) in [5.74, 6) is 0.00120. The lowest BCUT2D eigenvalue weighted by molar-refractivity contribution is -0.117. The van der Waals surface area contributed by atoms with Gasteiger partial charge in [0.15, 0.2) is 0 Å². The first kappa shape index (κ1) is 31.9. The zero-order chi connectivity index (χ0) is 25.7. The van der Waals surface area contributed by atoms with Gasteiger partial charge in [-0.3, -0.25) is 4.79 Å². The maximum absolute atomic E-state index is 12.4. The van der Waals surface area contributed by atoms with Crippen LogP contribution in [-0.2, 0) is 16.1 Å². The Kier molecular flexibility index (Phi) is 12.4. The maximum Gasteiger partial charge on any atom is 0.407 e. The van der Waals surface area contributed by atoms with Gasteiger partial charge >= 0.3 is 6.09 Å². The van der Waals surface area contributed by atoms with Gasteiger partial charge in [-0.1, -0.05) is 30.3 Å². The molecule has 2 atom stereocenters. The average Bonchev–Trinajstić information content (AvgIpc) is 3.35. The van der Waals surface area contributed by atoms with Crippen LogP contribution in [0.1, 0.15) is 64.1 Å². The van der Waals surface area contributed by atoms with Crippen molar-refractivity contribution in [2.24, 2.45) is 0 Å². The summed E-state index contributed by atoms with van der Waals surface area (Å²) in [5.41, 5.74) is 5.21. The van der Waals surface area contributed by atoms with Crippen molar-refractivity contribution in [3.05, 3.63) is 53.6 Å². The molecule has 7 nitrogen and oxygen atoms in total. The van der Waals surface area contributed by atoms with Crippen molar-refractivity contribution in [1.82, 2.24) is 15.5 Å². The molecular weight excluding hydrogens is 523 g/mol. The maximum atomic E-state index is 12.4. The molecule has 4 rings (SSSR count). The van der Waals surface area contributed by atoms with Crippen molar-refractivity contribution in [2.45, 2.75) is 71.7 Å². The third-order valence-electron chi connectivity index (χ3n) is 7.07. The molecule has 0 aliphatic carbocycles. The van der Waals surface area contributed by atoms with Crippen LogP contribution >= 0.6 is 24.8 Å². The predicted molar refractivity (Wildman–Crippen MR) is 158 cm³/mol. The smallest absolute Gasteiger partial charge is 0.407 e. The van der Waals surface area contributed by atoms with E-state index in [1.165, 1.54) is 31.5 Å². The summed E-state index contributed by atoms with van der Waals surface area (Å²) in [4.78, 5) is 29.2. The van der Waals surface area contributed by atoms with Gasteiger partial charge in [0, 0.05) is 38.3 Å². The van der Waals surface area contributed by atoms with Crippen LogP contribution in [0, 0.1) is 0 Å². The highest BCUT2D eigenvalue weighted by molar-refractivity contribution is 5.94. The quantitative estimate of drug-likeness (QED) is 0.402. The Balaban J connectivity index is 0.00000253. The number of rotatable bonds is 8. The molecule has 2 aromatic carbocycles. The minimum Gasteiger partial charge on any atom is -0.447 e. The molecule has 1 fully saturated rings. The second kappa shape index (κ2) is 14.7. The summed E-state index contributed by atoms with van der Waals surface area (Å²) in [6.07, 6.45) is 2.66. The predicted octanol–water partition coefficient (Wildman–Crippen LogP) is 5.70. The molecule has 210 valence electrons. The van der Waals surface area contributed by atoms with Crippen LogP contribution in [0.2, 0.25) is 0 Å². The van der Waals surface area contributed by atoms with E-state index in [9.17, 15) is 9.59 Å². The summed E-state index contributed by atoms with van der Waals surface area (Å²) in [6, 6.07) is 14.5. The van der Waals surface area contributed by atoms with Crippen molar-refractivity contribution in [2.75, 3.05) is 31.1 Å². The molecule has 2 N–H and O–H groups in total. The fraction of sp³-hybridized carbons (Fsp3) is 0.517. The fourth-order valence-electron chi connectivity index (χ4n) is 5.34. The lowest BCUT2D eigenvalue weighted by Crippen LogP contribution is -2.45. The van der Waals surface area contributed by atoms with E-state index in [0.717, 1.165) is 42.0 Å². The monoisotopic (exact) mass is 564 g/mol. The van der Waals surface area contributed by atoms with Crippen LogP contribution in [0.4, 0.5) is 10.5 Å². The summed E-state index contributed by atoms with van der Waals surface area (Å²) in [7, 11) is 0. The number of fused-ring (bicyclic) bond motifs is 1. The molecule has 0 aromatic heterocycles. The first-order valence-electron chi connectivity index (χ1n) is 13.2. The summed E-state index contributed by atoms with van der Waals surface area (Å²) < 4.78 is 5.34. The van der Waals surface area contributed by atoms with E-state index in [2.05, 4.69) is 51.9 Å². The highest BCUT2D eigenvalue weighted by Gasteiger charge is 2.33. The molecule has 0 bridgehead atoms. The van der Waals surface area contributed by atoms with Crippen LogP contribution in [0.15, 0.2) is 42.5 Å². The number of anilines is 1. The molecule has 0 radical (unpaired) electrons. The second-order valence-corrected chi connectivity index (χ2v) is 10.3. The molecule has 0 spiro atoms. The largest absolute Gasteiger partial charge is 0.447 e. The highest BCUT2D eigenvalue weighted by atomic mass is 35.5. The third kappa shape index (κ3) is 8.09. The summed E-state index contributed by atoms with van der Waals surface area (Å²) in [5, 5.41) is 6.58. The van der Waals surface area contributed by atoms with E-state index in [0.29, 0.717) is 6.42 Å². The van der Waals surface area contributed by atoms with E-state index in [1.807, 2.05) is 31.7 Å². The molecular formula is C29H42Cl2N4O3. The number of nitrogens with zero attached hydrogens (tertiary/aromatic N) is 2. The van der Waals surface area contributed by atoms with Crippen LogP contribution < -0.4 is 15.5 Å². The van der Waals surface area contributed by atoms with Gasteiger partial charge in [-0.05, 0) is 87.5 Å². The molecule has 2 aliphatic rings. The number of carbonyl (C=O) groups is 2. The summed E-state index contributed by atoms with van der Waals surface area (Å²) in [6.45, 7) is 12.7. The lowest BCUT2D eigenvalue weighted by atomic mass is 9.89. The van der Waals surface area contributed by atoms with Gasteiger partial charge in [0.2, 0.25) is 5.91 Å². The number of hydrogen-bond donors (Lipinski definition) is 2. The topological polar surface area (TPSA) is 73.9 Å². The van der Waals surface area contributed by atoms with Crippen molar-refractivity contribution in [1.29, 1.82) is 0 Å². The standard InChI is InChI=1S/C29H40N4O3.2ClH/c1-20(2)36-29(35)31-27-17-21(3)33(22(4)34)28-12-11-25(18-26(27)28)24-9-7-23(8-10-24)19-30-13-16-32-14-5-6-15-32;;/h7-12,18,20-21,27,30H,5-6,13-17,19H2,1-4H3,(H,31,35);2*1H/t21-,27+;;/m0../s1. The van der Waals surface area contributed by atoms with E-state index in [1.54, 1.807) is 6.92 Å². The Labute approximate surface area is 239 Å². The average molecular weight is 566 g/mol. The summed E-state index contributed by atoms with van der Waals surface area (Å²) >= 11 is 0. The molecule has 2 aromatic rings. The van der Waals surface area contributed by atoms with Crippen molar-refractivity contribution >= 4 is 42.5 Å². The van der Waals surface area contributed by atoms with Gasteiger partial charge in [0.1, 0.15) is 0 Å². The van der Waals surface area contributed by atoms with Crippen LogP contribution in [0.25, 0.3) is 11.1 Å². The van der Waals surface area contributed by atoms with Crippen LogP contribution in [0.3, 0.4) is 0 Å². The molecule has 0 unspecified atom stereocenters. The minimum absolute atomic E-state index is 0. The van der Waals surface area contributed by atoms with E-state index in [-0.39, 0.29) is 48.9 Å². The number of likely N-dealkylation sites (tertiary alicyclic amines) is 1. The molecule has 2 amide bonds. The second-order valence-electron chi connectivity index (χ2n) is 10.3. The molecule has 0 saturated carbocycles. The highest BCUT2D eigenvalue weighted by Crippen LogP contribution is 2.39.